The fourth-order valence-electron chi connectivity index (χ4n) is 2.67. The Hall–Kier alpha value is -1.80. The second-order valence-corrected chi connectivity index (χ2v) is 5.97. The van der Waals surface area contributed by atoms with E-state index in [0.29, 0.717) is 17.7 Å². The number of hydrogen-bond acceptors (Lipinski definition) is 6. The number of aromatic nitrogens is 4. The van der Waals surface area contributed by atoms with Crippen LogP contribution in [0.3, 0.4) is 0 Å². The van der Waals surface area contributed by atoms with Crippen molar-refractivity contribution in [3.63, 3.8) is 0 Å². The monoisotopic (exact) mass is 306 g/mol. The summed E-state index contributed by atoms with van der Waals surface area (Å²) in [6, 6.07) is 2.29. The maximum atomic E-state index is 12.1. The van der Waals surface area contributed by atoms with Crippen LogP contribution in [0.15, 0.2) is 24.0 Å². The quantitative estimate of drug-likeness (QED) is 0.899. The van der Waals surface area contributed by atoms with Crippen LogP contribution in [0.5, 0.6) is 0 Å². The zero-order chi connectivity index (χ0) is 14.5. The van der Waals surface area contributed by atoms with Crippen molar-refractivity contribution in [3.05, 3.63) is 24.0 Å². The number of nitrogens with zero attached hydrogens (tertiary/aromatic N) is 5. The maximum Gasteiger partial charge on any atom is 0.240 e. The molecule has 0 radical (unpaired) electrons. The van der Waals surface area contributed by atoms with Gasteiger partial charge in [0.25, 0.3) is 0 Å². The second kappa shape index (κ2) is 6.77. The zero-order valence-electron chi connectivity index (χ0n) is 11.7. The average Bonchev–Trinajstić information content (AvgIpc) is 3.14. The summed E-state index contributed by atoms with van der Waals surface area (Å²) in [7, 11) is 0. The van der Waals surface area contributed by atoms with E-state index in [-0.39, 0.29) is 5.91 Å². The molecule has 0 saturated carbocycles. The summed E-state index contributed by atoms with van der Waals surface area (Å²) in [5, 5.41) is 15.2. The number of carbonyl (C=O) groups is 1. The van der Waals surface area contributed by atoms with Crippen LogP contribution in [0.25, 0.3) is 0 Å². The Kier molecular flexibility index (Phi) is 4.56. The standard InChI is InChI=1S/C13H18N6OS/c20-12(16-13-17-14-10-21-13)9-18-6-2-1-4-11(18)8-19-7-3-5-15-19/h3,5,7,10-11H,1-2,4,6,8-9H2,(H,16,17,20)/t11-/m1/s1. The molecule has 7 nitrogen and oxygen atoms in total. The number of piperidine rings is 1. The Morgan fingerprint density at radius 1 is 1.48 bits per heavy atom. The predicted octanol–water partition coefficient (Wildman–Crippen LogP) is 1.23. The largest absolute Gasteiger partial charge is 0.299 e. The molecule has 21 heavy (non-hydrogen) atoms. The highest BCUT2D eigenvalue weighted by molar-refractivity contribution is 7.13. The van der Waals surface area contributed by atoms with Crippen LogP contribution in [0.2, 0.25) is 0 Å². The van der Waals surface area contributed by atoms with E-state index in [4.69, 9.17) is 0 Å². The van der Waals surface area contributed by atoms with Gasteiger partial charge in [-0.1, -0.05) is 17.8 Å². The number of amides is 1. The van der Waals surface area contributed by atoms with Gasteiger partial charge in [0.1, 0.15) is 5.51 Å². The first-order valence-electron chi connectivity index (χ1n) is 7.09. The zero-order valence-corrected chi connectivity index (χ0v) is 12.5. The van der Waals surface area contributed by atoms with Crippen molar-refractivity contribution in [3.8, 4) is 0 Å². The molecule has 1 N–H and O–H groups in total. The molecule has 0 unspecified atom stereocenters. The highest BCUT2D eigenvalue weighted by Crippen LogP contribution is 2.18. The number of carbonyl (C=O) groups excluding carboxylic acids is 1. The van der Waals surface area contributed by atoms with Gasteiger partial charge >= 0.3 is 0 Å². The van der Waals surface area contributed by atoms with Gasteiger partial charge in [0, 0.05) is 18.4 Å². The number of rotatable bonds is 5. The van der Waals surface area contributed by atoms with E-state index in [9.17, 15) is 4.79 Å². The van der Waals surface area contributed by atoms with Crippen molar-refractivity contribution in [1.29, 1.82) is 0 Å². The minimum Gasteiger partial charge on any atom is -0.299 e. The van der Waals surface area contributed by atoms with E-state index in [2.05, 4.69) is 25.5 Å². The van der Waals surface area contributed by atoms with Crippen molar-refractivity contribution in [1.82, 2.24) is 24.9 Å². The molecule has 1 aliphatic rings. The fourth-order valence-corrected chi connectivity index (χ4v) is 3.13. The summed E-state index contributed by atoms with van der Waals surface area (Å²) < 4.78 is 1.94. The highest BCUT2D eigenvalue weighted by Gasteiger charge is 2.24. The van der Waals surface area contributed by atoms with Crippen molar-refractivity contribution < 1.29 is 4.79 Å². The lowest BCUT2D eigenvalue weighted by Crippen LogP contribution is -2.46. The van der Waals surface area contributed by atoms with Crippen LogP contribution in [0.4, 0.5) is 5.13 Å². The highest BCUT2D eigenvalue weighted by atomic mass is 32.1. The molecule has 0 aliphatic carbocycles. The molecule has 0 bridgehead atoms. The van der Waals surface area contributed by atoms with E-state index in [1.807, 2.05) is 16.9 Å². The molecule has 1 saturated heterocycles. The summed E-state index contributed by atoms with van der Waals surface area (Å²) in [4.78, 5) is 14.3. The third-order valence-electron chi connectivity index (χ3n) is 3.66. The summed E-state index contributed by atoms with van der Waals surface area (Å²) in [5.74, 6) is -0.0286. The fraction of sp³-hybridized carbons (Fsp3) is 0.538. The van der Waals surface area contributed by atoms with Gasteiger partial charge in [-0.3, -0.25) is 19.7 Å². The Balaban J connectivity index is 1.57. The Morgan fingerprint density at radius 2 is 2.43 bits per heavy atom. The van der Waals surface area contributed by atoms with Crippen LogP contribution >= 0.6 is 11.3 Å². The molecule has 3 heterocycles. The van der Waals surface area contributed by atoms with Crippen molar-refractivity contribution in [2.75, 3.05) is 18.4 Å². The molecular weight excluding hydrogens is 288 g/mol. The number of hydrogen-bond donors (Lipinski definition) is 1. The van der Waals surface area contributed by atoms with Crippen LogP contribution in [0.1, 0.15) is 19.3 Å². The minimum atomic E-state index is -0.0286. The molecule has 1 fully saturated rings. The molecule has 0 aromatic carbocycles. The third kappa shape index (κ3) is 3.85. The molecule has 1 atom stereocenters. The van der Waals surface area contributed by atoms with Crippen LogP contribution in [0, 0.1) is 0 Å². The van der Waals surface area contributed by atoms with Gasteiger partial charge in [-0.25, -0.2) is 0 Å². The number of nitrogens with one attached hydrogen (secondary N) is 1. The van der Waals surface area contributed by atoms with Crippen LogP contribution < -0.4 is 5.32 Å². The summed E-state index contributed by atoms with van der Waals surface area (Å²) in [6.07, 6.45) is 7.21. The van der Waals surface area contributed by atoms with E-state index in [0.717, 1.165) is 25.9 Å². The average molecular weight is 306 g/mol. The molecule has 8 heteroatoms. The van der Waals surface area contributed by atoms with E-state index in [1.54, 1.807) is 11.7 Å². The molecule has 2 aromatic rings. The van der Waals surface area contributed by atoms with Gasteiger partial charge in [0.15, 0.2) is 0 Å². The minimum absolute atomic E-state index is 0.0286. The Labute approximate surface area is 127 Å². The molecule has 112 valence electrons. The van der Waals surface area contributed by atoms with Gasteiger partial charge in [0.2, 0.25) is 11.0 Å². The third-order valence-corrected chi connectivity index (χ3v) is 4.27. The topological polar surface area (TPSA) is 75.9 Å². The predicted molar refractivity (Wildman–Crippen MR) is 80.0 cm³/mol. The lowest BCUT2D eigenvalue weighted by atomic mass is 10.0. The molecular formula is C13H18N6OS. The molecule has 1 aliphatic heterocycles. The summed E-state index contributed by atoms with van der Waals surface area (Å²) >= 11 is 1.33. The molecule has 3 rings (SSSR count). The Morgan fingerprint density at radius 3 is 3.19 bits per heavy atom. The lowest BCUT2D eigenvalue weighted by molar-refractivity contribution is -0.118. The molecule has 0 spiro atoms. The first-order chi connectivity index (χ1) is 10.3. The smallest absolute Gasteiger partial charge is 0.240 e. The lowest BCUT2D eigenvalue weighted by Gasteiger charge is -2.35. The van der Waals surface area contributed by atoms with Crippen LogP contribution in [-0.2, 0) is 11.3 Å². The van der Waals surface area contributed by atoms with E-state index >= 15 is 0 Å². The van der Waals surface area contributed by atoms with Gasteiger partial charge in [-0.15, -0.1) is 10.2 Å². The van der Waals surface area contributed by atoms with E-state index in [1.165, 1.54) is 17.8 Å². The second-order valence-electron chi connectivity index (χ2n) is 5.14. The summed E-state index contributed by atoms with van der Waals surface area (Å²) in [6.45, 7) is 2.18. The van der Waals surface area contributed by atoms with Gasteiger partial charge in [-0.2, -0.15) is 5.10 Å². The van der Waals surface area contributed by atoms with Gasteiger partial charge < -0.3 is 0 Å². The molecule has 1 amide bonds. The first kappa shape index (κ1) is 14.2. The molecule has 2 aromatic heterocycles. The van der Waals surface area contributed by atoms with E-state index < -0.39 is 0 Å². The Bertz CT molecular complexity index is 555. The first-order valence-corrected chi connectivity index (χ1v) is 7.97. The van der Waals surface area contributed by atoms with Crippen molar-refractivity contribution >= 4 is 22.4 Å². The van der Waals surface area contributed by atoms with Crippen LogP contribution in [-0.4, -0.2) is 49.9 Å². The SMILES string of the molecule is O=C(CN1CCCC[C@@H]1Cn1cccn1)Nc1nncs1. The van der Waals surface area contributed by atoms with Crippen molar-refractivity contribution in [2.45, 2.75) is 31.8 Å². The maximum absolute atomic E-state index is 12.1. The van der Waals surface area contributed by atoms with Gasteiger partial charge in [0.05, 0.1) is 13.1 Å². The number of anilines is 1. The van der Waals surface area contributed by atoms with Crippen molar-refractivity contribution in [2.24, 2.45) is 0 Å². The summed E-state index contributed by atoms with van der Waals surface area (Å²) in [5.41, 5.74) is 1.61. The van der Waals surface area contributed by atoms with Gasteiger partial charge in [-0.05, 0) is 25.5 Å². The normalized spacial score (nSPS) is 19.5. The number of likely N-dealkylation sites (tertiary alicyclic amines) is 1.